The minimum absolute atomic E-state index is 0.726. The zero-order valence-electron chi connectivity index (χ0n) is 10.3. The van der Waals surface area contributed by atoms with Crippen LogP contribution in [0.1, 0.15) is 5.82 Å². The number of nitrogens with one attached hydrogen (secondary N) is 1. The summed E-state index contributed by atoms with van der Waals surface area (Å²) in [4.78, 5) is 8.82. The Morgan fingerprint density at radius 2 is 1.89 bits per heavy atom. The van der Waals surface area contributed by atoms with Gasteiger partial charge in [0.1, 0.15) is 11.6 Å². The molecule has 0 bridgehead atoms. The van der Waals surface area contributed by atoms with E-state index in [1.807, 2.05) is 49.0 Å². The molecule has 5 heteroatoms. The molecule has 0 aliphatic heterocycles. The van der Waals surface area contributed by atoms with Gasteiger partial charge in [-0.15, -0.1) is 0 Å². The van der Waals surface area contributed by atoms with Crippen LogP contribution >= 0.6 is 0 Å². The lowest BCUT2D eigenvalue weighted by Gasteiger charge is -2.05. The van der Waals surface area contributed by atoms with Crippen LogP contribution in [0, 0.1) is 6.92 Å². The van der Waals surface area contributed by atoms with E-state index in [9.17, 15) is 0 Å². The molecular formula is C13H13N5. The van der Waals surface area contributed by atoms with Crippen LogP contribution in [-0.2, 0) is 0 Å². The summed E-state index contributed by atoms with van der Waals surface area (Å²) in [5.74, 6) is 1.53. The maximum atomic E-state index is 4.47. The summed E-state index contributed by atoms with van der Waals surface area (Å²) in [6, 6.07) is 9.95. The predicted octanol–water partition coefficient (Wildman–Crippen LogP) is 2.17. The fourth-order valence-corrected chi connectivity index (χ4v) is 1.97. The Morgan fingerprint density at radius 3 is 2.61 bits per heavy atom. The van der Waals surface area contributed by atoms with Crippen LogP contribution in [-0.4, -0.2) is 26.8 Å². The Labute approximate surface area is 104 Å². The second-order valence-electron chi connectivity index (χ2n) is 4.00. The van der Waals surface area contributed by atoms with E-state index in [4.69, 9.17) is 0 Å². The lowest BCUT2D eigenvalue weighted by atomic mass is 10.3. The van der Waals surface area contributed by atoms with E-state index in [-0.39, 0.29) is 0 Å². The van der Waals surface area contributed by atoms with Gasteiger partial charge in [-0.2, -0.15) is 5.10 Å². The largest absolute Gasteiger partial charge is 0.372 e. The Balaban J connectivity index is 2.30. The Morgan fingerprint density at radius 1 is 1.11 bits per heavy atom. The highest BCUT2D eigenvalue weighted by molar-refractivity contribution is 5.87. The molecule has 0 saturated heterocycles. The van der Waals surface area contributed by atoms with Crippen molar-refractivity contribution in [2.24, 2.45) is 0 Å². The molecule has 0 aliphatic rings. The zero-order valence-corrected chi connectivity index (χ0v) is 10.3. The van der Waals surface area contributed by atoms with Crippen molar-refractivity contribution in [2.45, 2.75) is 6.92 Å². The fourth-order valence-electron chi connectivity index (χ4n) is 1.97. The Hall–Kier alpha value is -2.43. The SMILES string of the molecule is CNc1nc(C)nc2c1cnn2-c1ccccc1. The smallest absolute Gasteiger partial charge is 0.168 e. The van der Waals surface area contributed by atoms with E-state index in [1.54, 1.807) is 6.20 Å². The third kappa shape index (κ3) is 1.60. The van der Waals surface area contributed by atoms with E-state index in [0.29, 0.717) is 0 Å². The topological polar surface area (TPSA) is 55.6 Å². The van der Waals surface area contributed by atoms with E-state index >= 15 is 0 Å². The van der Waals surface area contributed by atoms with Gasteiger partial charge in [0.2, 0.25) is 0 Å². The van der Waals surface area contributed by atoms with Gasteiger partial charge in [0.05, 0.1) is 17.3 Å². The van der Waals surface area contributed by atoms with E-state index in [1.165, 1.54) is 0 Å². The molecule has 0 unspecified atom stereocenters. The van der Waals surface area contributed by atoms with Crippen molar-refractivity contribution in [3.8, 4) is 5.69 Å². The number of nitrogens with zero attached hydrogens (tertiary/aromatic N) is 4. The first-order valence-corrected chi connectivity index (χ1v) is 5.75. The van der Waals surface area contributed by atoms with Gasteiger partial charge < -0.3 is 5.32 Å². The third-order valence-corrected chi connectivity index (χ3v) is 2.78. The lowest BCUT2D eigenvalue weighted by molar-refractivity contribution is 0.890. The number of benzene rings is 1. The van der Waals surface area contributed by atoms with Gasteiger partial charge in [-0.1, -0.05) is 18.2 Å². The van der Waals surface area contributed by atoms with E-state index in [2.05, 4.69) is 20.4 Å². The summed E-state index contributed by atoms with van der Waals surface area (Å²) in [6.07, 6.45) is 1.79. The molecule has 1 N–H and O–H groups in total. The van der Waals surface area contributed by atoms with Gasteiger partial charge in [0.15, 0.2) is 5.65 Å². The number of aryl methyl sites for hydroxylation is 1. The number of fused-ring (bicyclic) bond motifs is 1. The molecule has 3 rings (SSSR count). The van der Waals surface area contributed by atoms with Crippen LogP contribution in [0.3, 0.4) is 0 Å². The quantitative estimate of drug-likeness (QED) is 0.744. The normalized spacial score (nSPS) is 10.8. The molecule has 1 aromatic carbocycles. The molecule has 3 aromatic rings. The molecule has 0 radical (unpaired) electrons. The average Bonchev–Trinajstić information content (AvgIpc) is 2.82. The monoisotopic (exact) mass is 239 g/mol. The van der Waals surface area contributed by atoms with Crippen molar-refractivity contribution in [2.75, 3.05) is 12.4 Å². The second kappa shape index (κ2) is 4.10. The minimum Gasteiger partial charge on any atom is -0.372 e. The first-order chi connectivity index (χ1) is 8.79. The Bertz CT molecular complexity index is 687. The number of para-hydroxylation sites is 1. The first-order valence-electron chi connectivity index (χ1n) is 5.75. The fraction of sp³-hybridized carbons (Fsp3) is 0.154. The van der Waals surface area contributed by atoms with E-state index < -0.39 is 0 Å². The van der Waals surface area contributed by atoms with Gasteiger partial charge in [-0.25, -0.2) is 14.6 Å². The lowest BCUT2D eigenvalue weighted by Crippen LogP contribution is -2.01. The summed E-state index contributed by atoms with van der Waals surface area (Å²) in [6.45, 7) is 1.88. The van der Waals surface area contributed by atoms with Gasteiger partial charge >= 0.3 is 0 Å². The number of anilines is 1. The van der Waals surface area contributed by atoms with Gasteiger partial charge in [-0.3, -0.25) is 0 Å². The summed E-state index contributed by atoms with van der Waals surface area (Å²) < 4.78 is 1.82. The van der Waals surface area contributed by atoms with E-state index in [0.717, 1.165) is 28.4 Å². The molecule has 5 nitrogen and oxygen atoms in total. The average molecular weight is 239 g/mol. The molecule has 2 aromatic heterocycles. The zero-order chi connectivity index (χ0) is 12.5. The number of aromatic nitrogens is 4. The van der Waals surface area contributed by atoms with Crippen LogP contribution in [0.2, 0.25) is 0 Å². The molecule has 0 spiro atoms. The summed E-state index contributed by atoms with van der Waals surface area (Å²) >= 11 is 0. The van der Waals surface area contributed by atoms with Gasteiger partial charge in [0.25, 0.3) is 0 Å². The van der Waals surface area contributed by atoms with Crippen molar-refractivity contribution in [3.05, 3.63) is 42.4 Å². The molecule has 0 aliphatic carbocycles. The second-order valence-corrected chi connectivity index (χ2v) is 4.00. The molecule has 2 heterocycles. The van der Waals surface area contributed by atoms with Crippen LogP contribution in [0.15, 0.2) is 36.5 Å². The van der Waals surface area contributed by atoms with Crippen LogP contribution in [0.5, 0.6) is 0 Å². The van der Waals surface area contributed by atoms with Crippen molar-refractivity contribution in [1.82, 2.24) is 19.7 Å². The summed E-state index contributed by atoms with van der Waals surface area (Å²) in [5, 5.41) is 8.38. The highest BCUT2D eigenvalue weighted by atomic mass is 15.3. The maximum absolute atomic E-state index is 4.47. The third-order valence-electron chi connectivity index (χ3n) is 2.78. The number of hydrogen-bond donors (Lipinski definition) is 1. The highest BCUT2D eigenvalue weighted by Crippen LogP contribution is 2.21. The molecule has 0 saturated carbocycles. The van der Waals surface area contributed by atoms with Crippen molar-refractivity contribution >= 4 is 16.9 Å². The molecule has 90 valence electrons. The molecular weight excluding hydrogens is 226 g/mol. The summed E-state index contributed by atoms with van der Waals surface area (Å²) in [5.41, 5.74) is 1.81. The summed E-state index contributed by atoms with van der Waals surface area (Å²) in [7, 11) is 1.85. The first kappa shape index (κ1) is 10.7. The molecule has 0 fully saturated rings. The molecule has 0 amide bonds. The number of hydrogen-bond acceptors (Lipinski definition) is 4. The van der Waals surface area contributed by atoms with Crippen molar-refractivity contribution in [3.63, 3.8) is 0 Å². The van der Waals surface area contributed by atoms with Gasteiger partial charge in [0, 0.05) is 7.05 Å². The van der Waals surface area contributed by atoms with Crippen molar-refractivity contribution < 1.29 is 0 Å². The predicted molar refractivity (Wildman–Crippen MR) is 70.9 cm³/mol. The van der Waals surface area contributed by atoms with Crippen LogP contribution < -0.4 is 5.32 Å². The van der Waals surface area contributed by atoms with Crippen LogP contribution in [0.4, 0.5) is 5.82 Å². The standard InChI is InChI=1S/C13H13N5/c1-9-16-12(14-2)11-8-15-18(13(11)17-9)10-6-4-3-5-7-10/h3-8H,1-2H3,(H,14,16,17). The molecule has 18 heavy (non-hydrogen) atoms. The highest BCUT2D eigenvalue weighted by Gasteiger charge is 2.11. The Kier molecular flexibility index (Phi) is 2.44. The van der Waals surface area contributed by atoms with Crippen LogP contribution in [0.25, 0.3) is 16.7 Å². The van der Waals surface area contributed by atoms with Gasteiger partial charge in [-0.05, 0) is 19.1 Å². The number of rotatable bonds is 2. The van der Waals surface area contributed by atoms with Crippen molar-refractivity contribution in [1.29, 1.82) is 0 Å². The maximum Gasteiger partial charge on any atom is 0.168 e. The molecule has 0 atom stereocenters. The minimum atomic E-state index is 0.726.